The highest BCUT2D eigenvalue weighted by Crippen LogP contribution is 2.59. The molecule has 0 amide bonds. The fourth-order valence-corrected chi connectivity index (χ4v) is 2.53. The summed E-state index contributed by atoms with van der Waals surface area (Å²) in [7, 11) is 0. The Hall–Kier alpha value is -0.540. The zero-order valence-corrected chi connectivity index (χ0v) is 7.11. The number of alkyl halides is 4. The molecule has 4 unspecified atom stereocenters. The van der Waals surface area contributed by atoms with Gasteiger partial charge in [-0.2, -0.15) is 13.2 Å². The second-order valence-corrected chi connectivity index (χ2v) is 3.95. The number of hydrogen-bond acceptors (Lipinski definition) is 0. The molecule has 0 N–H and O–H groups in total. The summed E-state index contributed by atoms with van der Waals surface area (Å²) in [6.07, 6.45) is -1.33. The van der Waals surface area contributed by atoms with Gasteiger partial charge in [0.2, 0.25) is 5.67 Å². The van der Waals surface area contributed by atoms with Gasteiger partial charge in [-0.3, -0.25) is 0 Å². The highest BCUT2D eigenvalue weighted by molar-refractivity contribution is 5.21. The summed E-state index contributed by atoms with van der Waals surface area (Å²) in [5, 5.41) is 0. The summed E-state index contributed by atoms with van der Waals surface area (Å²) in [5.41, 5.74) is -2.98. The van der Waals surface area contributed by atoms with Crippen LogP contribution < -0.4 is 0 Å². The minimum Gasteiger partial charge on any atom is -0.233 e. The van der Waals surface area contributed by atoms with Crippen molar-refractivity contribution in [2.75, 3.05) is 0 Å². The van der Waals surface area contributed by atoms with Crippen LogP contribution in [0.15, 0.2) is 12.2 Å². The van der Waals surface area contributed by atoms with E-state index >= 15 is 0 Å². The Labute approximate surface area is 73.6 Å². The van der Waals surface area contributed by atoms with Crippen LogP contribution in [-0.2, 0) is 0 Å². The number of allylic oxidation sites excluding steroid dienone is 2. The first kappa shape index (κ1) is 9.03. The van der Waals surface area contributed by atoms with Crippen LogP contribution in [0, 0.1) is 17.8 Å². The predicted octanol–water partition coefficient (Wildman–Crippen LogP) is 3.10. The summed E-state index contributed by atoms with van der Waals surface area (Å²) in [4.78, 5) is 0. The van der Waals surface area contributed by atoms with E-state index in [1.165, 1.54) is 13.0 Å². The summed E-state index contributed by atoms with van der Waals surface area (Å²) >= 11 is 0. The molecular formula is C9H10F4. The molecule has 2 bridgehead atoms. The number of halogens is 4. The molecule has 0 aromatic rings. The van der Waals surface area contributed by atoms with E-state index in [1.54, 1.807) is 6.08 Å². The van der Waals surface area contributed by atoms with Crippen molar-refractivity contribution in [1.82, 2.24) is 0 Å². The number of rotatable bonds is 0. The van der Waals surface area contributed by atoms with Gasteiger partial charge in [-0.25, -0.2) is 4.39 Å². The van der Waals surface area contributed by atoms with Crippen LogP contribution in [-0.4, -0.2) is 11.8 Å². The van der Waals surface area contributed by atoms with Gasteiger partial charge in [-0.15, -0.1) is 0 Å². The van der Waals surface area contributed by atoms with Crippen LogP contribution in [0.2, 0.25) is 0 Å². The first-order chi connectivity index (χ1) is 5.87. The Balaban J connectivity index is 2.39. The molecule has 0 heterocycles. The lowest BCUT2D eigenvalue weighted by Crippen LogP contribution is -2.49. The molecule has 0 saturated heterocycles. The Morgan fingerprint density at radius 1 is 1.31 bits per heavy atom. The van der Waals surface area contributed by atoms with E-state index in [0.717, 1.165) is 0 Å². The van der Waals surface area contributed by atoms with Gasteiger partial charge < -0.3 is 0 Å². The van der Waals surface area contributed by atoms with Crippen LogP contribution in [0.3, 0.4) is 0 Å². The standard InChI is InChI=1S/C9H10F4/c1-5-6-2-3-7(4-6)8(5,10)9(11,12)13/h2-3,5-7H,4H2,1H3. The fourth-order valence-electron chi connectivity index (χ4n) is 2.53. The quantitative estimate of drug-likeness (QED) is 0.410. The SMILES string of the molecule is CC1C2C=CC(C2)C1(F)C(F)(F)F. The van der Waals surface area contributed by atoms with Crippen molar-refractivity contribution < 1.29 is 17.6 Å². The first-order valence-electron chi connectivity index (χ1n) is 4.31. The zero-order chi connectivity index (χ0) is 9.85. The molecule has 4 atom stereocenters. The van der Waals surface area contributed by atoms with Gasteiger partial charge in [0.1, 0.15) is 0 Å². The van der Waals surface area contributed by atoms with E-state index < -0.39 is 23.7 Å². The van der Waals surface area contributed by atoms with Crippen LogP contribution in [0.25, 0.3) is 0 Å². The van der Waals surface area contributed by atoms with Crippen molar-refractivity contribution in [3.63, 3.8) is 0 Å². The highest BCUT2D eigenvalue weighted by atomic mass is 19.4. The molecule has 1 fully saturated rings. The van der Waals surface area contributed by atoms with Gasteiger partial charge in [-0.1, -0.05) is 19.1 Å². The molecule has 0 radical (unpaired) electrons. The molecule has 0 nitrogen and oxygen atoms in total. The van der Waals surface area contributed by atoms with Gasteiger partial charge in [0, 0.05) is 11.8 Å². The maximum absolute atomic E-state index is 13.7. The number of hydrogen-bond donors (Lipinski definition) is 0. The molecule has 1 saturated carbocycles. The third-order valence-electron chi connectivity index (χ3n) is 3.40. The second-order valence-electron chi connectivity index (χ2n) is 3.95. The van der Waals surface area contributed by atoms with Gasteiger partial charge in [0.25, 0.3) is 0 Å². The minimum atomic E-state index is -4.73. The molecule has 13 heavy (non-hydrogen) atoms. The van der Waals surface area contributed by atoms with Crippen LogP contribution in [0.5, 0.6) is 0 Å². The predicted molar refractivity (Wildman–Crippen MR) is 39.8 cm³/mol. The number of fused-ring (bicyclic) bond motifs is 2. The van der Waals surface area contributed by atoms with E-state index in [2.05, 4.69) is 0 Å². The van der Waals surface area contributed by atoms with Crippen molar-refractivity contribution in [2.24, 2.45) is 17.8 Å². The van der Waals surface area contributed by atoms with E-state index in [0.29, 0.717) is 6.42 Å². The molecule has 0 aromatic carbocycles. The van der Waals surface area contributed by atoms with Crippen molar-refractivity contribution in [3.05, 3.63) is 12.2 Å². The monoisotopic (exact) mass is 194 g/mol. The van der Waals surface area contributed by atoms with Gasteiger partial charge in [0.05, 0.1) is 0 Å². The minimum absolute atomic E-state index is 0.225. The largest absolute Gasteiger partial charge is 0.423 e. The summed E-state index contributed by atoms with van der Waals surface area (Å²) in [5.74, 6) is -2.10. The van der Waals surface area contributed by atoms with Gasteiger partial charge >= 0.3 is 6.18 Å². The summed E-state index contributed by atoms with van der Waals surface area (Å²) in [6.45, 7) is 1.35. The second kappa shape index (κ2) is 2.28. The lowest BCUT2D eigenvalue weighted by Gasteiger charge is -2.34. The van der Waals surface area contributed by atoms with Crippen LogP contribution in [0.1, 0.15) is 13.3 Å². The normalized spacial score (nSPS) is 48.8. The highest BCUT2D eigenvalue weighted by Gasteiger charge is 2.69. The molecule has 2 aliphatic rings. The average Bonchev–Trinajstić information content (AvgIpc) is 2.53. The first-order valence-corrected chi connectivity index (χ1v) is 4.31. The van der Waals surface area contributed by atoms with Crippen molar-refractivity contribution in [3.8, 4) is 0 Å². The third-order valence-corrected chi connectivity index (χ3v) is 3.40. The smallest absolute Gasteiger partial charge is 0.233 e. The average molecular weight is 194 g/mol. The molecule has 2 aliphatic carbocycles. The third kappa shape index (κ3) is 0.916. The van der Waals surface area contributed by atoms with Crippen molar-refractivity contribution in [2.45, 2.75) is 25.2 Å². The van der Waals surface area contributed by atoms with E-state index in [1.807, 2.05) is 0 Å². The Kier molecular flexibility index (Phi) is 1.58. The topological polar surface area (TPSA) is 0 Å². The zero-order valence-electron chi connectivity index (χ0n) is 7.11. The van der Waals surface area contributed by atoms with Gasteiger partial charge in [0.15, 0.2) is 0 Å². The molecule has 0 aromatic heterocycles. The fraction of sp³-hybridized carbons (Fsp3) is 0.778. The Morgan fingerprint density at radius 3 is 2.23 bits per heavy atom. The molecule has 0 spiro atoms. The molecule has 0 aliphatic heterocycles. The maximum atomic E-state index is 13.7. The molecule has 2 rings (SSSR count). The van der Waals surface area contributed by atoms with E-state index in [9.17, 15) is 17.6 Å². The molecular weight excluding hydrogens is 184 g/mol. The van der Waals surface area contributed by atoms with Crippen LogP contribution in [0.4, 0.5) is 17.6 Å². The summed E-state index contributed by atoms with van der Waals surface area (Å²) < 4.78 is 51.1. The van der Waals surface area contributed by atoms with Crippen molar-refractivity contribution >= 4 is 0 Å². The van der Waals surface area contributed by atoms with Crippen molar-refractivity contribution in [1.29, 1.82) is 0 Å². The molecule has 74 valence electrons. The summed E-state index contributed by atoms with van der Waals surface area (Å²) in [6, 6.07) is 0. The Bertz CT molecular complexity index is 255. The lowest BCUT2D eigenvalue weighted by molar-refractivity contribution is -0.252. The van der Waals surface area contributed by atoms with E-state index in [4.69, 9.17) is 0 Å². The molecule has 4 heteroatoms. The maximum Gasteiger partial charge on any atom is 0.423 e. The van der Waals surface area contributed by atoms with Crippen LogP contribution >= 0.6 is 0 Å². The van der Waals surface area contributed by atoms with E-state index in [-0.39, 0.29) is 5.92 Å². The van der Waals surface area contributed by atoms with Gasteiger partial charge in [-0.05, 0) is 12.3 Å². The Morgan fingerprint density at radius 2 is 1.92 bits per heavy atom. The lowest BCUT2D eigenvalue weighted by atomic mass is 9.81.